The Morgan fingerprint density at radius 3 is 2.95 bits per heavy atom. The lowest BCUT2D eigenvalue weighted by Crippen LogP contribution is -2.39. The van der Waals surface area contributed by atoms with Crippen LogP contribution in [0.2, 0.25) is 0 Å². The molecule has 1 aromatic rings. The number of nitrogens with two attached hydrogens (primary N) is 1. The molecule has 0 aliphatic carbocycles. The van der Waals surface area contributed by atoms with E-state index >= 15 is 0 Å². The standard InChI is InChI=1S/C12H18N4O3/c1-18-10-6-9(14-12(13)15-10)16-5-3-4-8(7-16)11(17)19-2/h6,8H,3-5,7H2,1-2H3,(H2,13,14,15). The van der Waals surface area contributed by atoms with Crippen molar-refractivity contribution in [3.8, 4) is 5.88 Å². The van der Waals surface area contributed by atoms with Crippen molar-refractivity contribution in [2.45, 2.75) is 12.8 Å². The van der Waals surface area contributed by atoms with Gasteiger partial charge >= 0.3 is 5.97 Å². The number of hydrogen-bond acceptors (Lipinski definition) is 7. The second-order valence-corrected chi connectivity index (χ2v) is 4.44. The fourth-order valence-electron chi connectivity index (χ4n) is 2.24. The molecule has 1 unspecified atom stereocenters. The Morgan fingerprint density at radius 2 is 2.26 bits per heavy atom. The van der Waals surface area contributed by atoms with E-state index in [-0.39, 0.29) is 17.8 Å². The topological polar surface area (TPSA) is 90.6 Å². The van der Waals surface area contributed by atoms with Gasteiger partial charge in [-0.15, -0.1) is 0 Å². The van der Waals surface area contributed by atoms with Gasteiger partial charge in [-0.1, -0.05) is 0 Å². The first kappa shape index (κ1) is 13.4. The van der Waals surface area contributed by atoms with Gasteiger partial charge in [-0.3, -0.25) is 4.79 Å². The summed E-state index contributed by atoms with van der Waals surface area (Å²) in [6, 6.07) is 1.72. The lowest BCUT2D eigenvalue weighted by atomic mass is 9.98. The van der Waals surface area contributed by atoms with Crippen LogP contribution >= 0.6 is 0 Å². The van der Waals surface area contributed by atoms with Crippen molar-refractivity contribution in [2.75, 3.05) is 37.9 Å². The zero-order valence-corrected chi connectivity index (χ0v) is 11.1. The summed E-state index contributed by atoms with van der Waals surface area (Å²) >= 11 is 0. The number of ether oxygens (including phenoxy) is 2. The quantitative estimate of drug-likeness (QED) is 0.794. The Kier molecular flexibility index (Phi) is 4.03. The van der Waals surface area contributed by atoms with Gasteiger partial charge in [0.05, 0.1) is 20.1 Å². The third-order valence-electron chi connectivity index (χ3n) is 3.20. The second-order valence-electron chi connectivity index (χ2n) is 4.44. The van der Waals surface area contributed by atoms with Crippen LogP contribution in [-0.2, 0) is 9.53 Å². The molecule has 0 amide bonds. The highest BCUT2D eigenvalue weighted by Gasteiger charge is 2.27. The van der Waals surface area contributed by atoms with E-state index in [1.165, 1.54) is 14.2 Å². The molecular weight excluding hydrogens is 248 g/mol. The predicted octanol–water partition coefficient (Wildman–Crippen LogP) is 0.457. The van der Waals surface area contributed by atoms with Crippen LogP contribution in [0, 0.1) is 5.92 Å². The van der Waals surface area contributed by atoms with E-state index in [0.717, 1.165) is 19.4 Å². The van der Waals surface area contributed by atoms with Gasteiger partial charge in [-0.25, -0.2) is 0 Å². The van der Waals surface area contributed by atoms with Gasteiger partial charge in [0, 0.05) is 19.2 Å². The third-order valence-corrected chi connectivity index (χ3v) is 3.20. The molecule has 0 bridgehead atoms. The lowest BCUT2D eigenvalue weighted by molar-refractivity contribution is -0.145. The van der Waals surface area contributed by atoms with Crippen LogP contribution in [-0.4, -0.2) is 43.2 Å². The van der Waals surface area contributed by atoms with Crippen molar-refractivity contribution in [3.05, 3.63) is 6.07 Å². The minimum atomic E-state index is -0.182. The molecule has 2 rings (SSSR count). The minimum absolute atomic E-state index is 0.124. The fourth-order valence-corrected chi connectivity index (χ4v) is 2.24. The van der Waals surface area contributed by atoms with Crippen LogP contribution in [0.5, 0.6) is 5.88 Å². The molecule has 0 aromatic carbocycles. The van der Waals surface area contributed by atoms with Crippen LogP contribution in [0.3, 0.4) is 0 Å². The number of esters is 1. The van der Waals surface area contributed by atoms with Gasteiger partial charge in [0.2, 0.25) is 11.8 Å². The number of anilines is 2. The molecule has 1 aliphatic heterocycles. The first-order valence-electron chi connectivity index (χ1n) is 6.15. The first-order chi connectivity index (χ1) is 9.13. The number of piperidine rings is 1. The van der Waals surface area contributed by atoms with E-state index in [2.05, 4.69) is 9.97 Å². The largest absolute Gasteiger partial charge is 0.481 e. The molecular formula is C12H18N4O3. The van der Waals surface area contributed by atoms with Crippen molar-refractivity contribution >= 4 is 17.7 Å². The van der Waals surface area contributed by atoms with Crippen LogP contribution in [0.1, 0.15) is 12.8 Å². The smallest absolute Gasteiger partial charge is 0.310 e. The van der Waals surface area contributed by atoms with Gasteiger partial charge in [0.15, 0.2) is 0 Å². The fraction of sp³-hybridized carbons (Fsp3) is 0.583. The molecule has 19 heavy (non-hydrogen) atoms. The summed E-state index contributed by atoms with van der Waals surface area (Å²) in [6.07, 6.45) is 1.74. The number of nitrogen functional groups attached to an aromatic ring is 1. The zero-order valence-electron chi connectivity index (χ0n) is 11.1. The highest BCUT2D eigenvalue weighted by molar-refractivity contribution is 5.73. The monoisotopic (exact) mass is 266 g/mol. The van der Waals surface area contributed by atoms with Crippen molar-refractivity contribution in [2.24, 2.45) is 5.92 Å². The van der Waals surface area contributed by atoms with Crippen LogP contribution in [0.4, 0.5) is 11.8 Å². The van der Waals surface area contributed by atoms with Crippen LogP contribution < -0.4 is 15.4 Å². The molecule has 0 saturated carbocycles. The minimum Gasteiger partial charge on any atom is -0.481 e. The summed E-state index contributed by atoms with van der Waals surface area (Å²) in [5.41, 5.74) is 5.64. The molecule has 0 spiro atoms. The van der Waals surface area contributed by atoms with E-state index in [0.29, 0.717) is 18.2 Å². The number of aromatic nitrogens is 2. The molecule has 1 aliphatic rings. The van der Waals surface area contributed by atoms with Crippen LogP contribution in [0.25, 0.3) is 0 Å². The van der Waals surface area contributed by atoms with Gasteiger partial charge in [-0.2, -0.15) is 9.97 Å². The third kappa shape index (κ3) is 3.04. The highest BCUT2D eigenvalue weighted by Crippen LogP contribution is 2.25. The first-order valence-corrected chi connectivity index (χ1v) is 6.15. The number of rotatable bonds is 3. The van der Waals surface area contributed by atoms with Gasteiger partial charge in [0.1, 0.15) is 5.82 Å². The SMILES string of the molecule is COC(=O)C1CCCN(c2cc(OC)nc(N)n2)C1. The maximum absolute atomic E-state index is 11.6. The number of methoxy groups -OCH3 is 2. The highest BCUT2D eigenvalue weighted by atomic mass is 16.5. The summed E-state index contributed by atoms with van der Waals surface area (Å²) in [6.45, 7) is 1.40. The maximum Gasteiger partial charge on any atom is 0.310 e. The van der Waals surface area contributed by atoms with Crippen molar-refractivity contribution in [1.82, 2.24) is 9.97 Å². The number of nitrogens with zero attached hydrogens (tertiary/aromatic N) is 3. The Hall–Kier alpha value is -2.05. The Morgan fingerprint density at radius 1 is 1.47 bits per heavy atom. The Balaban J connectivity index is 2.17. The van der Waals surface area contributed by atoms with Crippen molar-refractivity contribution in [3.63, 3.8) is 0 Å². The molecule has 7 heteroatoms. The van der Waals surface area contributed by atoms with E-state index in [1.807, 2.05) is 4.90 Å². The molecule has 1 saturated heterocycles. The van der Waals surface area contributed by atoms with Crippen molar-refractivity contribution in [1.29, 1.82) is 0 Å². The van der Waals surface area contributed by atoms with Crippen LogP contribution in [0.15, 0.2) is 6.07 Å². The number of carbonyl (C=O) groups excluding carboxylic acids is 1. The van der Waals surface area contributed by atoms with Gasteiger partial charge in [-0.05, 0) is 12.8 Å². The Labute approximate surface area is 111 Å². The van der Waals surface area contributed by atoms with E-state index < -0.39 is 0 Å². The van der Waals surface area contributed by atoms with E-state index in [1.54, 1.807) is 6.07 Å². The molecule has 1 aromatic heterocycles. The van der Waals surface area contributed by atoms with Gasteiger partial charge < -0.3 is 20.1 Å². The van der Waals surface area contributed by atoms with E-state index in [4.69, 9.17) is 15.2 Å². The van der Waals surface area contributed by atoms with E-state index in [9.17, 15) is 4.79 Å². The predicted molar refractivity (Wildman–Crippen MR) is 69.9 cm³/mol. The molecule has 7 nitrogen and oxygen atoms in total. The molecule has 2 heterocycles. The molecule has 1 atom stereocenters. The molecule has 1 fully saturated rings. The normalized spacial score (nSPS) is 19.1. The molecule has 0 radical (unpaired) electrons. The summed E-state index contributed by atoms with van der Waals surface area (Å²) < 4.78 is 9.87. The summed E-state index contributed by atoms with van der Waals surface area (Å²) in [5, 5.41) is 0. The van der Waals surface area contributed by atoms with Gasteiger partial charge in [0.25, 0.3) is 0 Å². The zero-order chi connectivity index (χ0) is 13.8. The second kappa shape index (κ2) is 5.73. The average Bonchev–Trinajstić information content (AvgIpc) is 2.45. The molecule has 2 N–H and O–H groups in total. The summed E-state index contributed by atoms with van der Waals surface area (Å²) in [4.78, 5) is 21.7. The number of hydrogen-bond donors (Lipinski definition) is 1. The summed E-state index contributed by atoms with van der Waals surface area (Å²) in [5.74, 6) is 0.954. The Bertz CT molecular complexity index is 466. The lowest BCUT2D eigenvalue weighted by Gasteiger charge is -2.32. The summed E-state index contributed by atoms with van der Waals surface area (Å²) in [7, 11) is 2.94. The van der Waals surface area contributed by atoms with Crippen molar-refractivity contribution < 1.29 is 14.3 Å². The number of carbonyl (C=O) groups is 1. The molecule has 104 valence electrons. The average molecular weight is 266 g/mol. The maximum atomic E-state index is 11.6.